The molecule has 1 unspecified atom stereocenters. The van der Waals surface area contributed by atoms with Crippen LogP contribution in [-0.2, 0) is 4.74 Å². The average molecular weight is 211 g/mol. The van der Waals surface area contributed by atoms with E-state index in [1.54, 1.807) is 0 Å². The molecule has 0 saturated heterocycles. The largest absolute Gasteiger partial charge is 0.381 e. The minimum Gasteiger partial charge on any atom is -0.381 e. The van der Waals surface area contributed by atoms with Crippen molar-refractivity contribution in [1.29, 1.82) is 0 Å². The predicted octanol–water partition coefficient (Wildman–Crippen LogP) is 2.89. The summed E-state index contributed by atoms with van der Waals surface area (Å²) >= 11 is 0. The van der Waals surface area contributed by atoms with Gasteiger partial charge >= 0.3 is 0 Å². The third kappa shape index (κ3) is 6.69. The standard InChI is InChI=1S/C13H25NO/c1-2-3-11-15-12-7-10-14-13-8-5-4-6-9-13/h5,8,13-14H,2-4,6-7,9-12H2,1H3. The van der Waals surface area contributed by atoms with Gasteiger partial charge in [0, 0.05) is 19.3 Å². The molecular weight excluding hydrogens is 186 g/mol. The molecule has 0 aromatic rings. The summed E-state index contributed by atoms with van der Waals surface area (Å²) in [6.45, 7) is 5.12. The number of hydrogen-bond acceptors (Lipinski definition) is 2. The molecule has 1 aliphatic carbocycles. The summed E-state index contributed by atoms with van der Waals surface area (Å²) in [4.78, 5) is 0. The second kappa shape index (κ2) is 8.93. The van der Waals surface area contributed by atoms with Crippen LogP contribution in [-0.4, -0.2) is 25.8 Å². The van der Waals surface area contributed by atoms with Gasteiger partial charge < -0.3 is 10.1 Å². The summed E-state index contributed by atoms with van der Waals surface area (Å²) < 4.78 is 5.51. The molecule has 0 spiro atoms. The summed E-state index contributed by atoms with van der Waals surface area (Å²) in [5.74, 6) is 0. The molecule has 0 radical (unpaired) electrons. The zero-order valence-corrected chi connectivity index (χ0v) is 10.0. The van der Waals surface area contributed by atoms with E-state index in [1.165, 1.54) is 32.1 Å². The molecule has 0 fully saturated rings. The Morgan fingerprint density at radius 2 is 2.20 bits per heavy atom. The van der Waals surface area contributed by atoms with Crippen LogP contribution in [0.2, 0.25) is 0 Å². The van der Waals surface area contributed by atoms with Crippen LogP contribution < -0.4 is 5.32 Å². The molecule has 0 aliphatic heterocycles. The van der Waals surface area contributed by atoms with Crippen molar-refractivity contribution < 1.29 is 4.74 Å². The topological polar surface area (TPSA) is 21.3 Å². The monoisotopic (exact) mass is 211 g/mol. The molecule has 0 aromatic carbocycles. The molecular formula is C13H25NO. The number of unbranched alkanes of at least 4 members (excludes halogenated alkanes) is 1. The minimum atomic E-state index is 0.620. The van der Waals surface area contributed by atoms with E-state index in [0.717, 1.165) is 26.2 Å². The molecule has 15 heavy (non-hydrogen) atoms. The van der Waals surface area contributed by atoms with E-state index in [9.17, 15) is 0 Å². The van der Waals surface area contributed by atoms with Crippen molar-refractivity contribution in [3.05, 3.63) is 12.2 Å². The Labute approximate surface area is 94.1 Å². The van der Waals surface area contributed by atoms with Gasteiger partial charge in [-0.15, -0.1) is 0 Å². The number of allylic oxidation sites excluding steroid dienone is 1. The minimum absolute atomic E-state index is 0.620. The van der Waals surface area contributed by atoms with Crippen LogP contribution in [0.1, 0.15) is 45.4 Å². The zero-order valence-electron chi connectivity index (χ0n) is 10.0. The lowest BCUT2D eigenvalue weighted by Crippen LogP contribution is -2.29. The Bertz CT molecular complexity index is 168. The van der Waals surface area contributed by atoms with E-state index in [4.69, 9.17) is 4.74 Å². The number of nitrogens with one attached hydrogen (secondary N) is 1. The van der Waals surface area contributed by atoms with Gasteiger partial charge in [0.25, 0.3) is 0 Å². The molecule has 0 aromatic heterocycles. The Hall–Kier alpha value is -0.340. The Kier molecular flexibility index (Phi) is 7.58. The first-order chi connectivity index (χ1) is 7.43. The molecule has 1 atom stereocenters. The molecule has 0 amide bonds. The lowest BCUT2D eigenvalue weighted by molar-refractivity contribution is 0.128. The van der Waals surface area contributed by atoms with Crippen LogP contribution in [0.4, 0.5) is 0 Å². The van der Waals surface area contributed by atoms with Crippen LogP contribution >= 0.6 is 0 Å². The van der Waals surface area contributed by atoms with E-state index in [-0.39, 0.29) is 0 Å². The van der Waals surface area contributed by atoms with Crippen molar-refractivity contribution in [1.82, 2.24) is 5.32 Å². The van der Waals surface area contributed by atoms with Gasteiger partial charge in [-0.25, -0.2) is 0 Å². The van der Waals surface area contributed by atoms with Crippen LogP contribution in [0.3, 0.4) is 0 Å². The fraction of sp³-hybridized carbons (Fsp3) is 0.846. The van der Waals surface area contributed by atoms with Gasteiger partial charge in [-0.1, -0.05) is 25.5 Å². The molecule has 0 heterocycles. The Morgan fingerprint density at radius 1 is 1.33 bits per heavy atom. The quantitative estimate of drug-likeness (QED) is 0.492. The van der Waals surface area contributed by atoms with Crippen molar-refractivity contribution >= 4 is 0 Å². The summed E-state index contributed by atoms with van der Waals surface area (Å²) in [6, 6.07) is 0.620. The molecule has 1 aliphatic rings. The van der Waals surface area contributed by atoms with Gasteiger partial charge in [-0.2, -0.15) is 0 Å². The highest BCUT2D eigenvalue weighted by Gasteiger charge is 2.05. The van der Waals surface area contributed by atoms with Gasteiger partial charge in [0.15, 0.2) is 0 Å². The van der Waals surface area contributed by atoms with Crippen LogP contribution in [0.15, 0.2) is 12.2 Å². The fourth-order valence-corrected chi connectivity index (χ4v) is 1.79. The van der Waals surface area contributed by atoms with E-state index in [0.29, 0.717) is 6.04 Å². The van der Waals surface area contributed by atoms with Crippen molar-refractivity contribution in [3.8, 4) is 0 Å². The highest BCUT2D eigenvalue weighted by Crippen LogP contribution is 2.09. The number of rotatable bonds is 8. The smallest absolute Gasteiger partial charge is 0.0478 e. The third-order valence-corrected chi connectivity index (χ3v) is 2.77. The summed E-state index contributed by atoms with van der Waals surface area (Å²) in [6.07, 6.45) is 12.0. The summed E-state index contributed by atoms with van der Waals surface area (Å²) in [5, 5.41) is 3.55. The maximum atomic E-state index is 5.51. The molecule has 0 saturated carbocycles. The van der Waals surface area contributed by atoms with E-state index in [1.807, 2.05) is 0 Å². The van der Waals surface area contributed by atoms with Crippen LogP contribution in [0.25, 0.3) is 0 Å². The van der Waals surface area contributed by atoms with Gasteiger partial charge in [0.05, 0.1) is 0 Å². The Morgan fingerprint density at radius 3 is 2.93 bits per heavy atom. The maximum Gasteiger partial charge on any atom is 0.0478 e. The van der Waals surface area contributed by atoms with Gasteiger partial charge in [0.2, 0.25) is 0 Å². The second-order valence-corrected chi connectivity index (χ2v) is 4.24. The SMILES string of the molecule is CCCCOCCCNC1C=CCCC1. The molecule has 2 heteroatoms. The number of hydrogen-bond donors (Lipinski definition) is 1. The molecule has 0 bridgehead atoms. The lowest BCUT2D eigenvalue weighted by Gasteiger charge is -2.17. The molecule has 88 valence electrons. The first-order valence-electron chi connectivity index (χ1n) is 6.41. The van der Waals surface area contributed by atoms with Crippen LogP contribution in [0.5, 0.6) is 0 Å². The second-order valence-electron chi connectivity index (χ2n) is 4.24. The number of ether oxygens (including phenoxy) is 1. The van der Waals surface area contributed by atoms with E-state index in [2.05, 4.69) is 24.4 Å². The predicted molar refractivity (Wildman–Crippen MR) is 65.1 cm³/mol. The first-order valence-corrected chi connectivity index (χ1v) is 6.41. The fourth-order valence-electron chi connectivity index (χ4n) is 1.79. The lowest BCUT2D eigenvalue weighted by atomic mass is 10.0. The van der Waals surface area contributed by atoms with Gasteiger partial charge in [0.1, 0.15) is 0 Å². The zero-order chi connectivity index (χ0) is 10.8. The molecule has 1 rings (SSSR count). The van der Waals surface area contributed by atoms with E-state index < -0.39 is 0 Å². The van der Waals surface area contributed by atoms with E-state index >= 15 is 0 Å². The van der Waals surface area contributed by atoms with Crippen LogP contribution in [0, 0.1) is 0 Å². The van der Waals surface area contributed by atoms with Crippen molar-refractivity contribution in [3.63, 3.8) is 0 Å². The molecule has 1 N–H and O–H groups in total. The third-order valence-electron chi connectivity index (χ3n) is 2.77. The summed E-state index contributed by atoms with van der Waals surface area (Å²) in [7, 11) is 0. The van der Waals surface area contributed by atoms with Gasteiger partial charge in [-0.05, 0) is 38.6 Å². The highest BCUT2D eigenvalue weighted by molar-refractivity contribution is 4.97. The van der Waals surface area contributed by atoms with Gasteiger partial charge in [-0.3, -0.25) is 0 Å². The average Bonchev–Trinajstić information content (AvgIpc) is 2.29. The molecule has 2 nitrogen and oxygen atoms in total. The highest BCUT2D eigenvalue weighted by atomic mass is 16.5. The Balaban J connectivity index is 1.84. The van der Waals surface area contributed by atoms with Crippen molar-refractivity contribution in [2.24, 2.45) is 0 Å². The first kappa shape index (κ1) is 12.7. The van der Waals surface area contributed by atoms with Crippen molar-refractivity contribution in [2.45, 2.75) is 51.5 Å². The van der Waals surface area contributed by atoms with Crippen molar-refractivity contribution in [2.75, 3.05) is 19.8 Å². The maximum absolute atomic E-state index is 5.51. The normalized spacial score (nSPS) is 20.7. The summed E-state index contributed by atoms with van der Waals surface area (Å²) in [5.41, 5.74) is 0.